The molecule has 0 saturated carbocycles. The van der Waals surface area contributed by atoms with E-state index in [2.05, 4.69) is 10.3 Å². The van der Waals surface area contributed by atoms with Gasteiger partial charge in [-0.1, -0.05) is 139 Å². The number of ether oxygens (including phenoxy) is 5. The Kier molecular flexibility index (Phi) is 13.1. The maximum Gasteiger partial charge on any atom is 0.253 e. The summed E-state index contributed by atoms with van der Waals surface area (Å²) in [6, 6.07) is 46.0. The topological polar surface area (TPSA) is 104 Å². The van der Waals surface area contributed by atoms with Crippen LogP contribution >= 0.6 is 0 Å². The van der Waals surface area contributed by atoms with E-state index in [0.29, 0.717) is 13.2 Å². The fourth-order valence-electron chi connectivity index (χ4n) is 5.82. The second kappa shape index (κ2) is 18.3. The molecule has 1 fully saturated rings. The van der Waals surface area contributed by atoms with Gasteiger partial charge in [-0.2, -0.15) is 0 Å². The number of hydrogen-bond donors (Lipinski definition) is 2. The Morgan fingerprint density at radius 2 is 0.980 bits per heavy atom. The minimum atomic E-state index is -3.97. The van der Waals surface area contributed by atoms with Gasteiger partial charge in [-0.3, -0.25) is 0 Å². The second-order valence-electron chi connectivity index (χ2n) is 12.4. The van der Waals surface area contributed by atoms with Gasteiger partial charge in [0, 0.05) is 0 Å². The van der Waals surface area contributed by atoms with Crippen molar-refractivity contribution >= 4 is 10.0 Å². The number of sulfonamides is 1. The van der Waals surface area contributed by atoms with E-state index in [1.165, 1.54) is 0 Å². The monoisotopic (exact) mass is 708 g/mol. The van der Waals surface area contributed by atoms with E-state index in [9.17, 15) is 8.42 Å². The van der Waals surface area contributed by atoms with Crippen LogP contribution in [-0.2, 0) is 60.1 Å². The number of benzene rings is 5. The van der Waals surface area contributed by atoms with Crippen molar-refractivity contribution in [1.29, 1.82) is 0 Å². The predicted octanol–water partition coefficient (Wildman–Crippen LogP) is 6.48. The largest absolute Gasteiger partial charge is 0.374 e. The van der Waals surface area contributed by atoms with Gasteiger partial charge in [0.2, 0.25) is 0 Å². The molecule has 1 aliphatic rings. The summed E-state index contributed by atoms with van der Waals surface area (Å²) < 4.78 is 59.8. The lowest BCUT2D eigenvalue weighted by Gasteiger charge is -2.46. The summed E-state index contributed by atoms with van der Waals surface area (Å²) >= 11 is 0. The van der Waals surface area contributed by atoms with E-state index in [1.807, 2.05) is 128 Å². The van der Waals surface area contributed by atoms with Crippen LogP contribution in [0.1, 0.15) is 27.8 Å². The summed E-state index contributed by atoms with van der Waals surface area (Å²) in [7, 11) is -3.97. The average molecular weight is 709 g/mol. The van der Waals surface area contributed by atoms with Crippen LogP contribution in [0, 0.1) is 6.92 Å². The molecule has 0 radical (unpaired) electrons. The normalized spacial score (nSPS) is 20.6. The number of nitrogens with one attached hydrogen (secondary N) is 2. The van der Waals surface area contributed by atoms with E-state index >= 15 is 0 Å². The van der Waals surface area contributed by atoms with Crippen molar-refractivity contribution < 1.29 is 32.1 Å². The lowest BCUT2D eigenvalue weighted by molar-refractivity contribution is -0.279. The molecule has 1 saturated heterocycles. The van der Waals surface area contributed by atoms with Gasteiger partial charge in [-0.15, -0.1) is 4.83 Å². The highest BCUT2D eigenvalue weighted by atomic mass is 32.2. The molecule has 0 aliphatic carbocycles. The molecule has 5 aromatic rings. The van der Waals surface area contributed by atoms with Crippen molar-refractivity contribution in [2.45, 2.75) is 68.9 Å². The zero-order valence-corrected chi connectivity index (χ0v) is 29.4. The lowest BCUT2D eigenvalue weighted by Crippen LogP contribution is -2.66. The highest BCUT2D eigenvalue weighted by Crippen LogP contribution is 2.30. The summed E-state index contributed by atoms with van der Waals surface area (Å²) in [6.07, 6.45) is -3.84. The molecule has 9 nitrogen and oxygen atoms in total. The zero-order valence-electron chi connectivity index (χ0n) is 28.5. The van der Waals surface area contributed by atoms with Gasteiger partial charge in [0.05, 0.1) is 37.9 Å². The Hall–Kier alpha value is -4.23. The van der Waals surface area contributed by atoms with Gasteiger partial charge in [-0.05, 0) is 41.3 Å². The van der Waals surface area contributed by atoms with Crippen molar-refractivity contribution in [1.82, 2.24) is 10.3 Å². The van der Waals surface area contributed by atoms with Crippen LogP contribution in [0.3, 0.4) is 0 Å². The first-order chi connectivity index (χ1) is 24.9. The molecule has 0 unspecified atom stereocenters. The minimum absolute atomic E-state index is 0.113. The van der Waals surface area contributed by atoms with E-state index in [4.69, 9.17) is 23.7 Å². The SMILES string of the molecule is Cc1ccc(S(=O)(=O)NN[C@H]2O[C@H](COCc3ccccc3)[C@@H](OCc3ccccc3)[C@H](OCc3ccccc3)[C@@H]2OCc2ccccc2)cc1. The predicted molar refractivity (Wildman–Crippen MR) is 194 cm³/mol. The molecule has 266 valence electrons. The van der Waals surface area contributed by atoms with Crippen LogP contribution in [0.25, 0.3) is 0 Å². The number of aryl methyl sites for hydroxylation is 1. The van der Waals surface area contributed by atoms with Crippen molar-refractivity contribution in [3.05, 3.63) is 173 Å². The third-order valence-corrected chi connectivity index (χ3v) is 9.83. The molecule has 10 heteroatoms. The molecule has 5 aromatic carbocycles. The van der Waals surface area contributed by atoms with Gasteiger partial charge in [0.25, 0.3) is 10.0 Å². The summed E-state index contributed by atoms with van der Waals surface area (Å²) in [5, 5.41) is 0. The molecule has 0 amide bonds. The lowest BCUT2D eigenvalue weighted by atomic mass is 9.97. The molecule has 0 spiro atoms. The third kappa shape index (κ3) is 10.6. The van der Waals surface area contributed by atoms with E-state index in [-0.39, 0.29) is 24.7 Å². The first-order valence-electron chi connectivity index (χ1n) is 17.0. The van der Waals surface area contributed by atoms with Gasteiger partial charge < -0.3 is 23.7 Å². The molecular weight excluding hydrogens is 665 g/mol. The molecule has 0 aromatic heterocycles. The van der Waals surface area contributed by atoms with E-state index in [1.54, 1.807) is 24.3 Å². The van der Waals surface area contributed by atoms with Gasteiger partial charge >= 0.3 is 0 Å². The van der Waals surface area contributed by atoms with Crippen molar-refractivity contribution in [2.24, 2.45) is 0 Å². The van der Waals surface area contributed by atoms with Gasteiger partial charge in [0.1, 0.15) is 24.4 Å². The van der Waals surface area contributed by atoms with Gasteiger partial charge in [0.15, 0.2) is 6.23 Å². The minimum Gasteiger partial charge on any atom is -0.374 e. The summed E-state index contributed by atoms with van der Waals surface area (Å²) in [5.41, 5.74) is 7.79. The summed E-state index contributed by atoms with van der Waals surface area (Å²) in [6.45, 7) is 3.18. The molecule has 6 rings (SSSR count). The maximum atomic E-state index is 13.4. The third-order valence-electron chi connectivity index (χ3n) is 8.55. The smallest absolute Gasteiger partial charge is 0.253 e. The molecule has 1 aliphatic heterocycles. The Morgan fingerprint density at radius 3 is 1.47 bits per heavy atom. The molecule has 51 heavy (non-hydrogen) atoms. The van der Waals surface area contributed by atoms with Crippen LogP contribution < -0.4 is 10.3 Å². The fraction of sp³-hybridized carbons (Fsp3) is 0.268. The summed E-state index contributed by atoms with van der Waals surface area (Å²) in [4.78, 5) is 2.66. The highest BCUT2D eigenvalue weighted by molar-refractivity contribution is 7.89. The van der Waals surface area contributed by atoms with Crippen LogP contribution in [0.2, 0.25) is 0 Å². The van der Waals surface area contributed by atoms with Crippen LogP contribution in [0.4, 0.5) is 0 Å². The summed E-state index contributed by atoms with van der Waals surface area (Å²) in [5.74, 6) is 0. The zero-order chi connectivity index (χ0) is 35.3. The molecular formula is C41H44N2O7S. The van der Waals surface area contributed by atoms with E-state index < -0.39 is 40.7 Å². The van der Waals surface area contributed by atoms with Gasteiger partial charge in [-0.25, -0.2) is 13.8 Å². The fourth-order valence-corrected chi connectivity index (χ4v) is 6.70. The Balaban J connectivity index is 1.31. The number of hydrazine groups is 1. The molecule has 1 heterocycles. The second-order valence-corrected chi connectivity index (χ2v) is 14.1. The van der Waals surface area contributed by atoms with Crippen molar-refractivity contribution in [3.8, 4) is 0 Å². The highest BCUT2D eigenvalue weighted by Gasteiger charge is 2.49. The quantitative estimate of drug-likeness (QED) is 0.106. The van der Waals surface area contributed by atoms with Crippen LogP contribution in [0.15, 0.2) is 150 Å². The Bertz CT molecular complexity index is 1850. The average Bonchev–Trinajstić information content (AvgIpc) is 3.17. The maximum absolute atomic E-state index is 13.4. The first kappa shape index (κ1) is 36.6. The Morgan fingerprint density at radius 1 is 0.549 bits per heavy atom. The standard InChI is InChI=1S/C41H44N2O7S/c1-31-22-24-36(25-23-31)51(44,45)43-42-41-40(49-29-35-20-12-5-13-21-35)39(48-28-34-18-10-4-11-19-34)38(47-27-33-16-8-3-9-17-33)37(50-41)30-46-26-32-14-6-2-7-15-32/h2-25,37-43H,26-30H2,1H3/t37-,38-,39+,40+,41+/m1/s1. The Labute approximate surface area is 300 Å². The number of rotatable bonds is 17. The van der Waals surface area contributed by atoms with Crippen LogP contribution in [0.5, 0.6) is 0 Å². The molecule has 0 bridgehead atoms. The van der Waals surface area contributed by atoms with Crippen molar-refractivity contribution in [2.75, 3.05) is 6.61 Å². The first-order valence-corrected chi connectivity index (χ1v) is 18.5. The molecule has 2 N–H and O–H groups in total. The molecule has 5 atom stereocenters. The number of hydrogen-bond acceptors (Lipinski definition) is 8. The van der Waals surface area contributed by atoms with E-state index in [0.717, 1.165) is 27.8 Å². The van der Waals surface area contributed by atoms with Crippen molar-refractivity contribution in [3.63, 3.8) is 0 Å². The van der Waals surface area contributed by atoms with Crippen LogP contribution in [-0.4, -0.2) is 45.7 Å².